The van der Waals surface area contributed by atoms with Crippen LogP contribution in [0.25, 0.3) is 0 Å². The number of aryl methyl sites for hydroxylation is 1. The van der Waals surface area contributed by atoms with E-state index in [1.165, 1.54) is 19.1 Å². The average Bonchev–Trinajstić information content (AvgIpc) is 2.79. The molecule has 1 unspecified atom stereocenters. The van der Waals surface area contributed by atoms with E-state index in [1.54, 1.807) is 36.4 Å². The Bertz CT molecular complexity index is 1150. The molecule has 2 aromatic rings. The number of nitriles is 1. The van der Waals surface area contributed by atoms with Gasteiger partial charge in [-0.1, -0.05) is 36.4 Å². The highest BCUT2D eigenvalue weighted by Crippen LogP contribution is 2.44. The number of rotatable bonds is 4. The highest BCUT2D eigenvalue weighted by atomic mass is 79.9. The first-order chi connectivity index (χ1) is 14.8. The molecule has 0 radical (unpaired) electrons. The lowest BCUT2D eigenvalue weighted by atomic mass is 9.81. The Morgan fingerprint density at radius 3 is 2.32 bits per heavy atom. The number of anilines is 1. The minimum atomic E-state index is -0.896. The number of nitrogens with two attached hydrogens (primary N) is 1. The molecule has 1 heterocycles. The van der Waals surface area contributed by atoms with Crippen LogP contribution >= 0.6 is 15.9 Å². The molecular weight excluding hydrogens is 462 g/mol. The van der Waals surface area contributed by atoms with Gasteiger partial charge in [-0.3, -0.25) is 4.90 Å². The lowest BCUT2D eigenvalue weighted by molar-refractivity contribution is -0.139. The first-order valence-electron chi connectivity index (χ1n) is 9.27. The Morgan fingerprint density at radius 2 is 1.74 bits per heavy atom. The van der Waals surface area contributed by atoms with Gasteiger partial charge in [0.25, 0.3) is 0 Å². The van der Waals surface area contributed by atoms with Crippen molar-refractivity contribution in [2.45, 2.75) is 12.8 Å². The molecular formula is C23H20BrN3O4. The van der Waals surface area contributed by atoms with Crippen LogP contribution in [0.2, 0.25) is 0 Å². The van der Waals surface area contributed by atoms with Gasteiger partial charge >= 0.3 is 11.9 Å². The van der Waals surface area contributed by atoms with Gasteiger partial charge < -0.3 is 15.2 Å². The third-order valence-electron chi connectivity index (χ3n) is 4.95. The number of hydrogen-bond acceptors (Lipinski definition) is 7. The third-order valence-corrected chi connectivity index (χ3v) is 5.62. The number of methoxy groups -OCH3 is 2. The molecule has 7 nitrogen and oxygen atoms in total. The molecule has 2 N–H and O–H groups in total. The van der Waals surface area contributed by atoms with Gasteiger partial charge in [-0.25, -0.2) is 9.59 Å². The fourth-order valence-corrected chi connectivity index (χ4v) is 3.98. The number of hydrogen-bond donors (Lipinski definition) is 1. The lowest BCUT2D eigenvalue weighted by Crippen LogP contribution is -2.41. The zero-order valence-electron chi connectivity index (χ0n) is 17.2. The van der Waals surface area contributed by atoms with Crippen LogP contribution in [0.1, 0.15) is 17.0 Å². The normalized spacial score (nSPS) is 16.1. The molecule has 1 aliphatic heterocycles. The van der Waals surface area contributed by atoms with Crippen molar-refractivity contribution in [3.63, 3.8) is 0 Å². The largest absolute Gasteiger partial charge is 0.466 e. The molecule has 0 saturated heterocycles. The number of ether oxygens (including phenoxy) is 2. The van der Waals surface area contributed by atoms with Crippen LogP contribution in [-0.2, 0) is 19.1 Å². The molecule has 0 amide bonds. The van der Waals surface area contributed by atoms with Gasteiger partial charge in [0.1, 0.15) is 11.5 Å². The van der Waals surface area contributed by atoms with E-state index in [4.69, 9.17) is 15.2 Å². The molecule has 3 rings (SSSR count). The van der Waals surface area contributed by atoms with Gasteiger partial charge in [-0.2, -0.15) is 5.26 Å². The van der Waals surface area contributed by atoms with Crippen molar-refractivity contribution in [2.24, 2.45) is 5.73 Å². The second-order valence-corrected chi connectivity index (χ2v) is 7.64. The van der Waals surface area contributed by atoms with E-state index in [2.05, 4.69) is 22.0 Å². The molecule has 8 heteroatoms. The quantitative estimate of drug-likeness (QED) is 0.664. The summed E-state index contributed by atoms with van der Waals surface area (Å²) < 4.78 is 10.6. The van der Waals surface area contributed by atoms with E-state index in [0.29, 0.717) is 15.7 Å². The fraction of sp³-hybridized carbons (Fsp3) is 0.174. The van der Waals surface area contributed by atoms with Crippen molar-refractivity contribution in [3.05, 3.63) is 86.8 Å². The van der Waals surface area contributed by atoms with Gasteiger partial charge in [0.05, 0.1) is 43.0 Å². The summed E-state index contributed by atoms with van der Waals surface area (Å²) in [5, 5.41) is 10.0. The van der Waals surface area contributed by atoms with Gasteiger partial charge in [0.15, 0.2) is 0 Å². The molecule has 0 saturated carbocycles. The summed E-state index contributed by atoms with van der Waals surface area (Å²) in [5.74, 6) is -2.42. The smallest absolute Gasteiger partial charge is 0.355 e. The Hall–Kier alpha value is -3.57. The van der Waals surface area contributed by atoms with Crippen molar-refractivity contribution in [1.82, 2.24) is 0 Å². The summed E-state index contributed by atoms with van der Waals surface area (Å²) >= 11 is 3.47. The molecule has 0 aliphatic carbocycles. The molecule has 1 atom stereocenters. The van der Waals surface area contributed by atoms with Crippen LogP contribution < -0.4 is 10.6 Å². The maximum absolute atomic E-state index is 13.0. The highest BCUT2D eigenvalue weighted by Gasteiger charge is 2.43. The lowest BCUT2D eigenvalue weighted by Gasteiger charge is -2.36. The number of benzene rings is 2. The maximum Gasteiger partial charge on any atom is 0.355 e. The number of allylic oxidation sites excluding steroid dienone is 1. The molecule has 31 heavy (non-hydrogen) atoms. The standard InChI is InChI=1S/C23H20BrN3O4/c1-13-9-10-16(24)17(11-13)27-20(23(29)31-3)19(22(28)30-2)18(15(12-25)21(27)26)14-7-5-4-6-8-14/h4-11,18H,26H2,1-3H3. The van der Waals surface area contributed by atoms with Gasteiger partial charge in [-0.15, -0.1) is 0 Å². The Kier molecular flexibility index (Phi) is 6.47. The highest BCUT2D eigenvalue weighted by molar-refractivity contribution is 9.10. The molecule has 2 aromatic carbocycles. The maximum atomic E-state index is 13.0. The SMILES string of the molecule is COC(=O)C1=C(C(=O)OC)N(c2cc(C)ccc2Br)C(N)=C(C#N)C1c1ccccc1. The monoisotopic (exact) mass is 481 g/mol. The second-order valence-electron chi connectivity index (χ2n) is 6.79. The van der Waals surface area contributed by atoms with Crippen LogP contribution in [-0.4, -0.2) is 26.2 Å². The summed E-state index contributed by atoms with van der Waals surface area (Å²) in [4.78, 5) is 27.3. The summed E-state index contributed by atoms with van der Waals surface area (Å²) in [6.07, 6.45) is 0. The first kappa shape index (κ1) is 22.1. The zero-order chi connectivity index (χ0) is 22.7. The van der Waals surface area contributed by atoms with Gasteiger partial charge in [-0.05, 0) is 46.1 Å². The molecule has 0 fully saturated rings. The fourth-order valence-electron chi connectivity index (χ4n) is 3.56. The van der Waals surface area contributed by atoms with E-state index in [0.717, 1.165) is 5.56 Å². The average molecular weight is 482 g/mol. The van der Waals surface area contributed by atoms with Crippen molar-refractivity contribution in [3.8, 4) is 6.07 Å². The predicted octanol–water partition coefficient (Wildman–Crippen LogP) is 3.66. The summed E-state index contributed by atoms with van der Waals surface area (Å²) in [6.45, 7) is 1.88. The predicted molar refractivity (Wildman–Crippen MR) is 118 cm³/mol. The summed E-state index contributed by atoms with van der Waals surface area (Å²) in [5.41, 5.74) is 8.44. The minimum Gasteiger partial charge on any atom is -0.466 e. The molecule has 0 spiro atoms. The third kappa shape index (κ3) is 3.92. The summed E-state index contributed by atoms with van der Waals surface area (Å²) in [6, 6.07) is 16.4. The molecule has 0 aromatic heterocycles. The zero-order valence-corrected chi connectivity index (χ0v) is 18.8. The van der Waals surface area contributed by atoms with Crippen molar-refractivity contribution >= 4 is 33.6 Å². The minimum absolute atomic E-state index is 0.0238. The number of halogens is 1. The van der Waals surface area contributed by atoms with Gasteiger partial charge in [0.2, 0.25) is 0 Å². The van der Waals surface area contributed by atoms with E-state index >= 15 is 0 Å². The van der Waals surface area contributed by atoms with Crippen LogP contribution in [0.5, 0.6) is 0 Å². The van der Waals surface area contributed by atoms with Crippen LogP contribution in [0.15, 0.2) is 75.7 Å². The molecule has 0 bridgehead atoms. The molecule has 1 aliphatic rings. The van der Waals surface area contributed by atoms with Gasteiger partial charge in [0, 0.05) is 4.47 Å². The Morgan fingerprint density at radius 1 is 1.10 bits per heavy atom. The molecule has 158 valence electrons. The van der Waals surface area contributed by atoms with Crippen molar-refractivity contribution in [1.29, 1.82) is 5.26 Å². The van der Waals surface area contributed by atoms with E-state index in [9.17, 15) is 14.9 Å². The van der Waals surface area contributed by atoms with Crippen LogP contribution in [0, 0.1) is 18.3 Å². The van der Waals surface area contributed by atoms with E-state index in [-0.39, 0.29) is 22.7 Å². The van der Waals surface area contributed by atoms with E-state index < -0.39 is 17.9 Å². The number of esters is 2. The topological polar surface area (TPSA) is 106 Å². The van der Waals surface area contributed by atoms with Crippen molar-refractivity contribution in [2.75, 3.05) is 19.1 Å². The number of nitrogens with zero attached hydrogens (tertiary/aromatic N) is 2. The van der Waals surface area contributed by atoms with E-state index in [1.807, 2.05) is 19.1 Å². The Labute approximate surface area is 188 Å². The number of carbonyl (C=O) groups is 2. The Balaban J connectivity index is 2.45. The number of carbonyl (C=O) groups excluding carboxylic acids is 2. The van der Waals surface area contributed by atoms with Crippen LogP contribution in [0.4, 0.5) is 5.69 Å². The first-order valence-corrected chi connectivity index (χ1v) is 10.1. The summed E-state index contributed by atoms with van der Waals surface area (Å²) in [7, 11) is 2.43. The van der Waals surface area contributed by atoms with Crippen molar-refractivity contribution < 1.29 is 19.1 Å². The van der Waals surface area contributed by atoms with Crippen LogP contribution in [0.3, 0.4) is 0 Å². The second kappa shape index (κ2) is 9.06.